The quantitative estimate of drug-likeness (QED) is 0.808. The smallest absolute Gasteiger partial charge is 0.0947 e. The fourth-order valence-electron chi connectivity index (χ4n) is 1.80. The molecule has 0 saturated carbocycles. The molecule has 2 rings (SSSR count). The van der Waals surface area contributed by atoms with Crippen molar-refractivity contribution in [2.75, 3.05) is 0 Å². The van der Waals surface area contributed by atoms with E-state index < -0.39 is 0 Å². The monoisotopic (exact) mass is 218 g/mol. The van der Waals surface area contributed by atoms with Gasteiger partial charge in [-0.2, -0.15) is 0 Å². The number of hydrogen-bond acceptors (Lipinski definition) is 2. The van der Waals surface area contributed by atoms with Gasteiger partial charge in [0.05, 0.1) is 12.5 Å². The van der Waals surface area contributed by atoms with E-state index in [1.165, 1.54) is 17.7 Å². The summed E-state index contributed by atoms with van der Waals surface area (Å²) in [6, 6.07) is 6.25. The second-order valence-electron chi connectivity index (χ2n) is 3.93. The lowest BCUT2D eigenvalue weighted by Gasteiger charge is -2.08. The zero-order valence-corrected chi connectivity index (χ0v) is 9.65. The van der Waals surface area contributed by atoms with Gasteiger partial charge in [0.1, 0.15) is 0 Å². The summed E-state index contributed by atoms with van der Waals surface area (Å²) in [4.78, 5) is 0. The lowest BCUT2D eigenvalue weighted by Crippen LogP contribution is -2.15. The topological polar surface area (TPSA) is 30.1 Å². The molecule has 3 heteroatoms. The zero-order valence-electron chi connectivity index (χ0n) is 9.65. The molecule has 86 valence electrons. The van der Waals surface area contributed by atoms with Gasteiger partial charge in [-0.1, -0.05) is 6.92 Å². The van der Waals surface area contributed by atoms with Crippen molar-refractivity contribution < 1.29 is 4.42 Å². The molecule has 0 atom stereocenters. The number of rotatable bonds is 6. The SMILES string of the molecule is CCCn1cccc1CNCc1ccoc1. The molecule has 1 N–H and O–H groups in total. The van der Waals surface area contributed by atoms with Gasteiger partial charge in [-0.3, -0.25) is 0 Å². The van der Waals surface area contributed by atoms with Crippen LogP contribution in [-0.4, -0.2) is 4.57 Å². The van der Waals surface area contributed by atoms with E-state index >= 15 is 0 Å². The van der Waals surface area contributed by atoms with Gasteiger partial charge in [-0.25, -0.2) is 0 Å². The minimum Gasteiger partial charge on any atom is -0.472 e. The second kappa shape index (κ2) is 5.56. The van der Waals surface area contributed by atoms with Crippen molar-refractivity contribution in [2.45, 2.75) is 33.0 Å². The van der Waals surface area contributed by atoms with Gasteiger partial charge in [0, 0.05) is 37.1 Å². The van der Waals surface area contributed by atoms with Crippen molar-refractivity contribution in [1.29, 1.82) is 0 Å². The number of aromatic nitrogens is 1. The Labute approximate surface area is 96.1 Å². The average molecular weight is 218 g/mol. The number of furan rings is 1. The fraction of sp³-hybridized carbons (Fsp3) is 0.385. The van der Waals surface area contributed by atoms with E-state index in [4.69, 9.17) is 4.42 Å². The number of aryl methyl sites for hydroxylation is 1. The van der Waals surface area contributed by atoms with E-state index in [1.54, 1.807) is 12.5 Å². The molecule has 0 bridgehead atoms. The van der Waals surface area contributed by atoms with Crippen molar-refractivity contribution in [3.8, 4) is 0 Å². The van der Waals surface area contributed by atoms with Crippen LogP contribution in [0.15, 0.2) is 41.3 Å². The van der Waals surface area contributed by atoms with Gasteiger partial charge >= 0.3 is 0 Å². The summed E-state index contributed by atoms with van der Waals surface area (Å²) in [5, 5.41) is 3.41. The summed E-state index contributed by atoms with van der Waals surface area (Å²) in [5.74, 6) is 0. The van der Waals surface area contributed by atoms with Crippen molar-refractivity contribution in [3.63, 3.8) is 0 Å². The normalized spacial score (nSPS) is 10.8. The Kier molecular flexibility index (Phi) is 3.83. The lowest BCUT2D eigenvalue weighted by molar-refractivity contribution is 0.557. The van der Waals surface area contributed by atoms with Gasteiger partial charge in [0.2, 0.25) is 0 Å². The third-order valence-corrected chi connectivity index (χ3v) is 2.60. The highest BCUT2D eigenvalue weighted by molar-refractivity contribution is 5.08. The minimum atomic E-state index is 0.855. The van der Waals surface area contributed by atoms with Crippen LogP contribution < -0.4 is 5.32 Å². The Morgan fingerprint density at radius 3 is 3.00 bits per heavy atom. The summed E-state index contributed by atoms with van der Waals surface area (Å²) >= 11 is 0. The van der Waals surface area contributed by atoms with Crippen LogP contribution in [0, 0.1) is 0 Å². The zero-order chi connectivity index (χ0) is 11.2. The molecule has 0 amide bonds. The van der Waals surface area contributed by atoms with E-state index in [1.807, 2.05) is 6.07 Å². The van der Waals surface area contributed by atoms with E-state index in [9.17, 15) is 0 Å². The number of nitrogens with zero attached hydrogens (tertiary/aromatic N) is 1. The molecule has 2 aromatic rings. The largest absolute Gasteiger partial charge is 0.472 e. The molecule has 0 fully saturated rings. The van der Waals surface area contributed by atoms with Crippen LogP contribution in [0.4, 0.5) is 0 Å². The predicted molar refractivity (Wildman–Crippen MR) is 64.0 cm³/mol. The standard InChI is InChI=1S/C13H18N2O/c1-2-6-15-7-3-4-13(15)10-14-9-12-5-8-16-11-12/h3-5,7-8,11,14H,2,6,9-10H2,1H3. The molecule has 0 spiro atoms. The highest BCUT2D eigenvalue weighted by Crippen LogP contribution is 2.04. The van der Waals surface area contributed by atoms with Crippen molar-refractivity contribution in [3.05, 3.63) is 48.2 Å². The first-order valence-electron chi connectivity index (χ1n) is 5.76. The third kappa shape index (κ3) is 2.76. The van der Waals surface area contributed by atoms with E-state index in [2.05, 4.69) is 35.1 Å². The van der Waals surface area contributed by atoms with E-state index in [0.29, 0.717) is 0 Å². The van der Waals surface area contributed by atoms with Crippen LogP contribution in [0.2, 0.25) is 0 Å². The van der Waals surface area contributed by atoms with Crippen molar-refractivity contribution in [2.24, 2.45) is 0 Å². The van der Waals surface area contributed by atoms with Gasteiger partial charge in [0.15, 0.2) is 0 Å². The molecule has 2 aromatic heterocycles. The first-order valence-corrected chi connectivity index (χ1v) is 5.76. The molecule has 0 aliphatic carbocycles. The molecular weight excluding hydrogens is 200 g/mol. The maximum absolute atomic E-state index is 5.02. The Bertz CT molecular complexity index is 403. The molecule has 0 saturated heterocycles. The van der Waals surface area contributed by atoms with Gasteiger partial charge < -0.3 is 14.3 Å². The van der Waals surface area contributed by atoms with Crippen LogP contribution in [0.5, 0.6) is 0 Å². The maximum atomic E-state index is 5.02. The summed E-state index contributed by atoms with van der Waals surface area (Å²) in [6.07, 6.45) is 6.79. The van der Waals surface area contributed by atoms with E-state index in [-0.39, 0.29) is 0 Å². The second-order valence-corrected chi connectivity index (χ2v) is 3.93. The molecule has 0 aliphatic rings. The Balaban J connectivity index is 1.82. The highest BCUT2D eigenvalue weighted by atomic mass is 16.3. The number of nitrogens with one attached hydrogen (secondary N) is 1. The summed E-state index contributed by atoms with van der Waals surface area (Å²) < 4.78 is 7.31. The Morgan fingerprint density at radius 1 is 1.31 bits per heavy atom. The number of hydrogen-bond donors (Lipinski definition) is 1. The first kappa shape index (κ1) is 11.0. The molecule has 3 nitrogen and oxygen atoms in total. The first-order chi connectivity index (χ1) is 7.90. The minimum absolute atomic E-state index is 0.855. The van der Waals surface area contributed by atoms with Gasteiger partial charge in [-0.15, -0.1) is 0 Å². The van der Waals surface area contributed by atoms with Crippen LogP contribution in [0.3, 0.4) is 0 Å². The Hall–Kier alpha value is -1.48. The maximum Gasteiger partial charge on any atom is 0.0947 e. The lowest BCUT2D eigenvalue weighted by atomic mass is 10.3. The van der Waals surface area contributed by atoms with E-state index in [0.717, 1.165) is 19.6 Å². The summed E-state index contributed by atoms with van der Waals surface area (Å²) in [5.41, 5.74) is 2.53. The van der Waals surface area contributed by atoms with Gasteiger partial charge in [-0.05, 0) is 24.6 Å². The molecule has 0 unspecified atom stereocenters. The highest BCUT2D eigenvalue weighted by Gasteiger charge is 1.99. The molecule has 16 heavy (non-hydrogen) atoms. The molecule has 0 aromatic carbocycles. The molecule has 0 radical (unpaired) electrons. The summed E-state index contributed by atoms with van der Waals surface area (Å²) in [6.45, 7) is 5.05. The van der Waals surface area contributed by atoms with Crippen LogP contribution in [-0.2, 0) is 19.6 Å². The van der Waals surface area contributed by atoms with Crippen LogP contribution in [0.1, 0.15) is 24.6 Å². The third-order valence-electron chi connectivity index (χ3n) is 2.60. The Morgan fingerprint density at radius 2 is 2.25 bits per heavy atom. The van der Waals surface area contributed by atoms with Crippen molar-refractivity contribution >= 4 is 0 Å². The molecule has 0 aliphatic heterocycles. The summed E-state index contributed by atoms with van der Waals surface area (Å²) in [7, 11) is 0. The average Bonchev–Trinajstić information content (AvgIpc) is 2.91. The van der Waals surface area contributed by atoms with Crippen molar-refractivity contribution in [1.82, 2.24) is 9.88 Å². The van der Waals surface area contributed by atoms with Crippen LogP contribution in [0.25, 0.3) is 0 Å². The predicted octanol–water partition coefficient (Wildman–Crippen LogP) is 2.78. The fourth-order valence-corrected chi connectivity index (χ4v) is 1.80. The van der Waals surface area contributed by atoms with Gasteiger partial charge in [0.25, 0.3) is 0 Å². The molecular formula is C13H18N2O. The van der Waals surface area contributed by atoms with Crippen LogP contribution >= 0.6 is 0 Å². The molecule has 2 heterocycles.